The Balaban J connectivity index is 1.66. The van der Waals surface area contributed by atoms with Gasteiger partial charge in [0.25, 0.3) is 5.69 Å². The average Bonchev–Trinajstić information content (AvgIpc) is 2.98. The van der Waals surface area contributed by atoms with Crippen LogP contribution >= 0.6 is 22.6 Å². The zero-order chi connectivity index (χ0) is 29.5. The average molecular weight is 665 g/mol. The van der Waals surface area contributed by atoms with E-state index in [1.165, 1.54) is 18.2 Å². The first-order chi connectivity index (χ1) is 19.9. The number of nitro benzene ring substituents is 1. The first-order valence-corrected chi connectivity index (χ1v) is 14.0. The van der Waals surface area contributed by atoms with E-state index in [0.717, 1.165) is 35.2 Å². The van der Waals surface area contributed by atoms with Gasteiger partial charge in [0.15, 0.2) is 5.75 Å². The normalized spacial score (nSPS) is 10.5. The molecular formula is C31H29IN4O5. The van der Waals surface area contributed by atoms with Crippen molar-refractivity contribution in [1.82, 2.24) is 0 Å². The molecule has 0 saturated heterocycles. The molecule has 0 unspecified atom stereocenters. The molecule has 0 aliphatic heterocycles. The fourth-order valence-electron chi connectivity index (χ4n) is 3.73. The molecule has 0 heterocycles. The van der Waals surface area contributed by atoms with E-state index in [9.17, 15) is 14.9 Å². The number of carbonyl (C=O) groups is 1. The molecule has 0 atom stereocenters. The van der Waals surface area contributed by atoms with Crippen molar-refractivity contribution in [2.75, 3.05) is 31.2 Å². The van der Waals surface area contributed by atoms with Gasteiger partial charge >= 0.3 is 5.97 Å². The number of nitro groups is 1. The molecule has 0 aliphatic rings. The van der Waals surface area contributed by atoms with Crippen LogP contribution in [0.1, 0.15) is 36.0 Å². The van der Waals surface area contributed by atoms with E-state index in [-0.39, 0.29) is 24.7 Å². The van der Waals surface area contributed by atoms with Crippen molar-refractivity contribution in [1.29, 1.82) is 0 Å². The second kappa shape index (κ2) is 16.6. The standard InChI is InChI=1S/C31H29IN4O5/c1-3-5-7-19-35(20-8-6-4-2)27-15-13-26(14-16-27)33-34-29-18-17-28(36(38)39)23-30(29)40-21-22-41-31(37)24-9-11-25(32)12-10-24/h1-2,9-18,23H,5-8,19-22H2. The van der Waals surface area contributed by atoms with E-state index < -0.39 is 10.9 Å². The maximum atomic E-state index is 12.2. The van der Waals surface area contributed by atoms with E-state index in [2.05, 4.69) is 49.6 Å². The molecule has 3 aromatic carbocycles. The lowest BCUT2D eigenvalue weighted by Crippen LogP contribution is -2.25. The zero-order valence-corrected chi connectivity index (χ0v) is 24.5. The van der Waals surface area contributed by atoms with Gasteiger partial charge in [-0.3, -0.25) is 10.1 Å². The zero-order valence-electron chi connectivity index (χ0n) is 22.4. The number of esters is 1. The van der Waals surface area contributed by atoms with Gasteiger partial charge in [-0.25, -0.2) is 4.79 Å². The number of non-ortho nitro benzene ring substituents is 1. The molecule has 0 bridgehead atoms. The number of halogens is 1. The summed E-state index contributed by atoms with van der Waals surface area (Å²) in [7, 11) is 0. The van der Waals surface area contributed by atoms with Crippen LogP contribution in [0.4, 0.5) is 22.7 Å². The molecule has 3 rings (SSSR count). The fourth-order valence-corrected chi connectivity index (χ4v) is 4.09. The summed E-state index contributed by atoms with van der Waals surface area (Å²) in [4.78, 5) is 25.2. The molecule has 0 radical (unpaired) electrons. The Morgan fingerprint density at radius 2 is 1.59 bits per heavy atom. The molecule has 0 N–H and O–H groups in total. The van der Waals surface area contributed by atoms with Crippen LogP contribution in [0.25, 0.3) is 0 Å². The second-order valence-electron chi connectivity index (χ2n) is 8.72. The van der Waals surface area contributed by atoms with Gasteiger partial charge in [-0.2, -0.15) is 5.11 Å². The minimum Gasteiger partial charge on any atom is -0.487 e. The van der Waals surface area contributed by atoms with Gasteiger partial charge in [0, 0.05) is 41.3 Å². The van der Waals surface area contributed by atoms with E-state index in [1.807, 2.05) is 24.3 Å². The molecule has 41 heavy (non-hydrogen) atoms. The predicted octanol–water partition coefficient (Wildman–Crippen LogP) is 7.48. The summed E-state index contributed by atoms with van der Waals surface area (Å²) in [6.45, 7) is 1.56. The number of carbonyl (C=O) groups excluding carboxylic acids is 1. The predicted molar refractivity (Wildman–Crippen MR) is 167 cm³/mol. The third kappa shape index (κ3) is 10.2. The first-order valence-electron chi connectivity index (χ1n) is 12.9. The highest BCUT2D eigenvalue weighted by molar-refractivity contribution is 14.1. The first kappa shape index (κ1) is 31.1. The van der Waals surface area contributed by atoms with Gasteiger partial charge in [0.05, 0.1) is 22.2 Å². The molecule has 0 aromatic heterocycles. The van der Waals surface area contributed by atoms with Gasteiger partial charge in [-0.15, -0.1) is 29.8 Å². The number of hydrogen-bond donors (Lipinski definition) is 0. The molecular weight excluding hydrogens is 635 g/mol. The number of ether oxygens (including phenoxy) is 2. The highest BCUT2D eigenvalue weighted by Crippen LogP contribution is 2.33. The number of azo groups is 1. The highest BCUT2D eigenvalue weighted by atomic mass is 127. The van der Waals surface area contributed by atoms with E-state index in [0.29, 0.717) is 29.8 Å². The molecule has 210 valence electrons. The van der Waals surface area contributed by atoms with Crippen molar-refractivity contribution in [3.05, 3.63) is 86.0 Å². The van der Waals surface area contributed by atoms with Gasteiger partial charge < -0.3 is 14.4 Å². The minimum atomic E-state index is -0.526. The van der Waals surface area contributed by atoms with Crippen LogP contribution in [-0.2, 0) is 4.74 Å². The summed E-state index contributed by atoms with van der Waals surface area (Å²) in [6.07, 6.45) is 14.0. The molecule has 0 fully saturated rings. The van der Waals surface area contributed by atoms with Crippen molar-refractivity contribution in [2.24, 2.45) is 10.2 Å². The molecule has 0 amide bonds. The van der Waals surface area contributed by atoms with Crippen molar-refractivity contribution < 1.29 is 19.2 Å². The number of hydrogen-bond acceptors (Lipinski definition) is 8. The molecule has 3 aromatic rings. The lowest BCUT2D eigenvalue weighted by atomic mass is 10.2. The molecule has 0 aliphatic carbocycles. The van der Waals surface area contributed by atoms with E-state index >= 15 is 0 Å². The monoisotopic (exact) mass is 664 g/mol. The van der Waals surface area contributed by atoms with Crippen molar-refractivity contribution >= 4 is 51.3 Å². The summed E-state index contributed by atoms with van der Waals surface area (Å²) in [5.41, 5.74) is 2.18. The molecule has 0 spiro atoms. The maximum Gasteiger partial charge on any atom is 0.338 e. The Bertz CT molecular complexity index is 1410. The Hall–Kier alpha value is -4.42. The van der Waals surface area contributed by atoms with Crippen LogP contribution in [0.5, 0.6) is 5.75 Å². The molecule has 10 heteroatoms. The SMILES string of the molecule is C#CCCCN(CCCC#C)c1ccc(N=Nc2ccc([N+](=O)[O-])cc2OCCOC(=O)c2ccc(I)cc2)cc1. The summed E-state index contributed by atoms with van der Waals surface area (Å²) in [6, 6.07) is 18.6. The Labute approximate surface area is 253 Å². The number of nitrogens with zero attached hydrogens (tertiary/aromatic N) is 4. The largest absolute Gasteiger partial charge is 0.487 e. The van der Waals surface area contributed by atoms with Crippen LogP contribution in [-0.4, -0.2) is 37.2 Å². The van der Waals surface area contributed by atoms with Crippen LogP contribution < -0.4 is 9.64 Å². The lowest BCUT2D eigenvalue weighted by Gasteiger charge is -2.24. The molecule has 0 saturated carbocycles. The van der Waals surface area contributed by atoms with Crippen molar-refractivity contribution in [3.63, 3.8) is 0 Å². The van der Waals surface area contributed by atoms with Crippen LogP contribution in [0.3, 0.4) is 0 Å². The number of unbranched alkanes of at least 4 members (excludes halogenated alkanes) is 2. The second-order valence-corrected chi connectivity index (χ2v) is 9.96. The highest BCUT2D eigenvalue weighted by Gasteiger charge is 2.13. The lowest BCUT2D eigenvalue weighted by molar-refractivity contribution is -0.384. The number of terminal acetylenes is 2. The summed E-state index contributed by atoms with van der Waals surface area (Å²) < 4.78 is 11.9. The third-order valence-electron chi connectivity index (χ3n) is 5.79. The van der Waals surface area contributed by atoms with Crippen LogP contribution in [0.2, 0.25) is 0 Å². The Kier molecular flexibility index (Phi) is 12.6. The van der Waals surface area contributed by atoms with E-state index in [4.69, 9.17) is 22.3 Å². The Morgan fingerprint density at radius 1 is 0.927 bits per heavy atom. The number of rotatable bonds is 15. The Morgan fingerprint density at radius 3 is 2.20 bits per heavy atom. The quantitative estimate of drug-likeness (QED) is 0.0317. The molecule has 9 nitrogen and oxygen atoms in total. The van der Waals surface area contributed by atoms with E-state index in [1.54, 1.807) is 24.3 Å². The minimum absolute atomic E-state index is 0.0241. The van der Waals surface area contributed by atoms with Crippen molar-refractivity contribution in [2.45, 2.75) is 25.7 Å². The van der Waals surface area contributed by atoms with Gasteiger partial charge in [0.2, 0.25) is 0 Å². The van der Waals surface area contributed by atoms with Crippen LogP contribution in [0, 0.1) is 38.4 Å². The maximum absolute atomic E-state index is 12.2. The van der Waals surface area contributed by atoms with Gasteiger partial charge in [-0.1, -0.05) is 0 Å². The number of benzene rings is 3. The summed E-state index contributed by atoms with van der Waals surface area (Å²) in [5, 5.41) is 19.8. The van der Waals surface area contributed by atoms with Gasteiger partial charge in [0.1, 0.15) is 18.9 Å². The topological polar surface area (TPSA) is 107 Å². The smallest absolute Gasteiger partial charge is 0.338 e. The fraction of sp³-hybridized carbons (Fsp3) is 0.258. The van der Waals surface area contributed by atoms with Gasteiger partial charge in [-0.05, 0) is 90.0 Å². The van der Waals surface area contributed by atoms with Crippen molar-refractivity contribution in [3.8, 4) is 30.4 Å². The third-order valence-corrected chi connectivity index (χ3v) is 6.51. The summed E-state index contributed by atoms with van der Waals surface area (Å²) in [5.74, 6) is 5.00. The summed E-state index contributed by atoms with van der Waals surface area (Å²) >= 11 is 2.15. The number of anilines is 1. The van der Waals surface area contributed by atoms with Crippen LogP contribution in [0.15, 0.2) is 77.0 Å².